The Bertz CT molecular complexity index is 403. The third-order valence-electron chi connectivity index (χ3n) is 3.82. The summed E-state index contributed by atoms with van der Waals surface area (Å²) in [7, 11) is 0. The van der Waals surface area contributed by atoms with Crippen LogP contribution in [0.1, 0.15) is 44.3 Å². The summed E-state index contributed by atoms with van der Waals surface area (Å²) in [5.41, 5.74) is 0. The van der Waals surface area contributed by atoms with Crippen molar-refractivity contribution in [1.29, 1.82) is 0 Å². The fourth-order valence-corrected chi connectivity index (χ4v) is 2.55. The SMILES string of the molecule is c1coc(CCN=C(NC2CCCC2)NC2CC2)c1. The maximum absolute atomic E-state index is 5.33. The van der Waals surface area contributed by atoms with Crippen molar-refractivity contribution in [2.75, 3.05) is 6.54 Å². The van der Waals surface area contributed by atoms with E-state index in [2.05, 4.69) is 15.6 Å². The van der Waals surface area contributed by atoms with E-state index < -0.39 is 0 Å². The molecule has 104 valence electrons. The van der Waals surface area contributed by atoms with E-state index in [1.165, 1.54) is 38.5 Å². The molecule has 0 aromatic carbocycles. The molecule has 19 heavy (non-hydrogen) atoms. The fraction of sp³-hybridized carbons (Fsp3) is 0.667. The van der Waals surface area contributed by atoms with Crippen molar-refractivity contribution < 1.29 is 4.42 Å². The molecule has 2 aliphatic rings. The van der Waals surface area contributed by atoms with Gasteiger partial charge in [-0.05, 0) is 37.8 Å². The summed E-state index contributed by atoms with van der Waals surface area (Å²) in [5, 5.41) is 7.08. The second-order valence-corrected chi connectivity index (χ2v) is 5.60. The van der Waals surface area contributed by atoms with Crippen LogP contribution < -0.4 is 10.6 Å². The van der Waals surface area contributed by atoms with E-state index in [-0.39, 0.29) is 0 Å². The Kier molecular flexibility index (Phi) is 4.06. The predicted octanol–water partition coefficient (Wildman–Crippen LogP) is 2.46. The molecule has 2 fully saturated rings. The Balaban J connectivity index is 1.50. The summed E-state index contributed by atoms with van der Waals surface area (Å²) in [6.45, 7) is 0.780. The predicted molar refractivity (Wildman–Crippen MR) is 76.3 cm³/mol. The lowest BCUT2D eigenvalue weighted by atomic mass is 10.2. The molecule has 0 aliphatic heterocycles. The number of rotatable bonds is 5. The van der Waals surface area contributed by atoms with E-state index in [0.717, 1.165) is 24.7 Å². The molecule has 1 aromatic rings. The van der Waals surface area contributed by atoms with Gasteiger partial charge in [0.2, 0.25) is 0 Å². The highest BCUT2D eigenvalue weighted by atomic mass is 16.3. The van der Waals surface area contributed by atoms with Crippen molar-refractivity contribution >= 4 is 5.96 Å². The molecule has 4 nitrogen and oxygen atoms in total. The molecule has 1 heterocycles. The lowest BCUT2D eigenvalue weighted by Crippen LogP contribution is -2.43. The zero-order valence-corrected chi connectivity index (χ0v) is 11.4. The fourth-order valence-electron chi connectivity index (χ4n) is 2.55. The first kappa shape index (κ1) is 12.6. The van der Waals surface area contributed by atoms with Gasteiger partial charge in [0.1, 0.15) is 5.76 Å². The summed E-state index contributed by atoms with van der Waals surface area (Å²) in [6, 6.07) is 5.21. The first-order valence-corrected chi connectivity index (χ1v) is 7.50. The van der Waals surface area contributed by atoms with Crippen molar-refractivity contribution in [3.8, 4) is 0 Å². The Labute approximate surface area is 114 Å². The van der Waals surface area contributed by atoms with Gasteiger partial charge in [-0.15, -0.1) is 0 Å². The van der Waals surface area contributed by atoms with Gasteiger partial charge in [0.15, 0.2) is 5.96 Å². The molecule has 2 aliphatic carbocycles. The zero-order valence-electron chi connectivity index (χ0n) is 11.4. The minimum absolute atomic E-state index is 0.619. The van der Waals surface area contributed by atoms with Crippen LogP contribution in [0.3, 0.4) is 0 Å². The largest absolute Gasteiger partial charge is 0.469 e. The molecule has 0 unspecified atom stereocenters. The van der Waals surface area contributed by atoms with Gasteiger partial charge in [0, 0.05) is 25.0 Å². The van der Waals surface area contributed by atoms with Crippen molar-refractivity contribution in [2.24, 2.45) is 4.99 Å². The van der Waals surface area contributed by atoms with Crippen LogP contribution in [-0.4, -0.2) is 24.6 Å². The Hall–Kier alpha value is -1.45. The van der Waals surface area contributed by atoms with Crippen LogP contribution in [0, 0.1) is 0 Å². The van der Waals surface area contributed by atoms with E-state index in [1.54, 1.807) is 6.26 Å². The van der Waals surface area contributed by atoms with Gasteiger partial charge in [-0.2, -0.15) is 0 Å². The van der Waals surface area contributed by atoms with E-state index >= 15 is 0 Å². The first-order chi connectivity index (χ1) is 9.40. The van der Waals surface area contributed by atoms with Gasteiger partial charge in [-0.3, -0.25) is 4.99 Å². The maximum atomic E-state index is 5.33. The lowest BCUT2D eigenvalue weighted by molar-refractivity contribution is 0.510. The summed E-state index contributed by atoms with van der Waals surface area (Å²) in [6.07, 6.45) is 10.4. The van der Waals surface area contributed by atoms with E-state index in [4.69, 9.17) is 4.42 Å². The number of aliphatic imine (C=N–C) groups is 1. The Morgan fingerprint density at radius 1 is 1.16 bits per heavy atom. The molecule has 2 saturated carbocycles. The average molecular weight is 261 g/mol. The second-order valence-electron chi connectivity index (χ2n) is 5.60. The van der Waals surface area contributed by atoms with Crippen LogP contribution in [0.4, 0.5) is 0 Å². The molecule has 2 N–H and O–H groups in total. The van der Waals surface area contributed by atoms with Gasteiger partial charge >= 0.3 is 0 Å². The van der Waals surface area contributed by atoms with Gasteiger partial charge < -0.3 is 15.1 Å². The number of nitrogens with one attached hydrogen (secondary N) is 2. The maximum Gasteiger partial charge on any atom is 0.191 e. The highest BCUT2D eigenvalue weighted by Gasteiger charge is 2.24. The molecule has 1 aromatic heterocycles. The lowest BCUT2D eigenvalue weighted by Gasteiger charge is -2.17. The van der Waals surface area contributed by atoms with Crippen LogP contribution in [0.5, 0.6) is 0 Å². The van der Waals surface area contributed by atoms with Crippen molar-refractivity contribution in [2.45, 2.75) is 57.0 Å². The Morgan fingerprint density at radius 3 is 2.53 bits per heavy atom. The molecular formula is C15H23N3O. The summed E-state index contributed by atoms with van der Waals surface area (Å²) >= 11 is 0. The summed E-state index contributed by atoms with van der Waals surface area (Å²) in [5.74, 6) is 2.01. The van der Waals surface area contributed by atoms with Crippen molar-refractivity contribution in [1.82, 2.24) is 10.6 Å². The average Bonchev–Trinajstić information content (AvgIpc) is 2.90. The van der Waals surface area contributed by atoms with Gasteiger partial charge in [0.25, 0.3) is 0 Å². The summed E-state index contributed by atoms with van der Waals surface area (Å²) in [4.78, 5) is 4.68. The molecule has 0 radical (unpaired) electrons. The van der Waals surface area contributed by atoms with Crippen LogP contribution >= 0.6 is 0 Å². The molecule has 0 atom stereocenters. The smallest absolute Gasteiger partial charge is 0.191 e. The minimum Gasteiger partial charge on any atom is -0.469 e. The number of furan rings is 1. The van der Waals surface area contributed by atoms with E-state index in [1.807, 2.05) is 12.1 Å². The molecule has 0 spiro atoms. The monoisotopic (exact) mass is 261 g/mol. The van der Waals surface area contributed by atoms with Gasteiger partial charge in [0.05, 0.1) is 6.26 Å². The van der Waals surface area contributed by atoms with E-state index in [0.29, 0.717) is 12.1 Å². The number of hydrogen-bond donors (Lipinski definition) is 2. The molecule has 0 bridgehead atoms. The quantitative estimate of drug-likeness (QED) is 0.632. The normalized spacial score (nSPS) is 20.7. The molecular weight excluding hydrogens is 238 g/mol. The molecule has 0 saturated heterocycles. The van der Waals surface area contributed by atoms with Crippen LogP contribution in [0.15, 0.2) is 27.8 Å². The van der Waals surface area contributed by atoms with Crippen molar-refractivity contribution in [3.63, 3.8) is 0 Å². The Morgan fingerprint density at radius 2 is 1.89 bits per heavy atom. The third kappa shape index (κ3) is 4.01. The topological polar surface area (TPSA) is 49.6 Å². The first-order valence-electron chi connectivity index (χ1n) is 7.50. The second kappa shape index (κ2) is 6.13. The van der Waals surface area contributed by atoms with Gasteiger partial charge in [-0.25, -0.2) is 0 Å². The van der Waals surface area contributed by atoms with Crippen LogP contribution in [0.25, 0.3) is 0 Å². The highest BCUT2D eigenvalue weighted by molar-refractivity contribution is 5.80. The zero-order chi connectivity index (χ0) is 12.9. The van der Waals surface area contributed by atoms with Crippen molar-refractivity contribution in [3.05, 3.63) is 24.2 Å². The highest BCUT2D eigenvalue weighted by Crippen LogP contribution is 2.20. The molecule has 4 heteroatoms. The number of guanidine groups is 1. The third-order valence-corrected chi connectivity index (χ3v) is 3.82. The summed E-state index contributed by atoms with van der Waals surface area (Å²) < 4.78 is 5.33. The number of hydrogen-bond acceptors (Lipinski definition) is 2. The van der Waals surface area contributed by atoms with Crippen LogP contribution in [0.2, 0.25) is 0 Å². The minimum atomic E-state index is 0.619. The molecule has 0 amide bonds. The van der Waals surface area contributed by atoms with Crippen LogP contribution in [-0.2, 0) is 6.42 Å². The number of nitrogens with zero attached hydrogens (tertiary/aromatic N) is 1. The van der Waals surface area contributed by atoms with E-state index in [9.17, 15) is 0 Å². The molecule has 3 rings (SSSR count). The van der Waals surface area contributed by atoms with Gasteiger partial charge in [-0.1, -0.05) is 12.8 Å². The standard InChI is InChI=1S/C15H23N3O/c1-2-5-12(4-1)17-15(18-13-7-8-13)16-10-9-14-6-3-11-19-14/h3,6,11-13H,1-2,4-5,7-10H2,(H2,16,17,18).